The first-order valence-electron chi connectivity index (χ1n) is 5.89. The molecule has 0 bridgehead atoms. The second-order valence-electron chi connectivity index (χ2n) is 4.39. The van der Waals surface area contributed by atoms with Crippen LogP contribution in [0.2, 0.25) is 0 Å². The van der Waals surface area contributed by atoms with Crippen LogP contribution in [0.15, 0.2) is 18.2 Å². The lowest BCUT2D eigenvalue weighted by Crippen LogP contribution is -2.08. The zero-order chi connectivity index (χ0) is 16.2. The number of nitro benzene ring substituents is 1. The average molecular weight is 315 g/mol. The summed E-state index contributed by atoms with van der Waals surface area (Å²) in [7, 11) is -4.16. The third kappa shape index (κ3) is 5.40. The minimum Gasteiger partial charge on any atom is -0.295 e. The van der Waals surface area contributed by atoms with Crippen molar-refractivity contribution in [3.05, 3.63) is 39.4 Å². The number of benzene rings is 1. The predicted octanol–water partition coefficient (Wildman–Crippen LogP) is 1.65. The van der Waals surface area contributed by atoms with Gasteiger partial charge in [-0.1, -0.05) is 0 Å². The van der Waals surface area contributed by atoms with Crippen LogP contribution in [0, 0.1) is 10.1 Å². The fourth-order valence-corrected chi connectivity index (χ4v) is 2.15. The molecule has 9 heteroatoms. The summed E-state index contributed by atoms with van der Waals surface area (Å²) in [6.45, 7) is 1.21. The molecule has 0 spiro atoms. The van der Waals surface area contributed by atoms with E-state index in [2.05, 4.69) is 0 Å². The lowest BCUT2D eigenvalue weighted by molar-refractivity contribution is -0.384. The minimum atomic E-state index is -4.16. The van der Waals surface area contributed by atoms with Gasteiger partial charge in [-0.15, -0.1) is 0 Å². The molecular weight excluding hydrogens is 302 g/mol. The van der Waals surface area contributed by atoms with Crippen molar-refractivity contribution < 1.29 is 27.5 Å². The largest absolute Gasteiger partial charge is 0.295 e. The summed E-state index contributed by atoms with van der Waals surface area (Å²) in [6, 6.07) is 3.32. The number of nitro groups is 1. The molecule has 1 aromatic carbocycles. The molecule has 0 amide bonds. The van der Waals surface area contributed by atoms with Crippen LogP contribution >= 0.6 is 0 Å². The van der Waals surface area contributed by atoms with Crippen molar-refractivity contribution in [1.29, 1.82) is 0 Å². The number of hydrogen-bond donors (Lipinski definition) is 1. The van der Waals surface area contributed by atoms with Crippen LogP contribution in [0.4, 0.5) is 5.69 Å². The van der Waals surface area contributed by atoms with Crippen molar-refractivity contribution in [1.82, 2.24) is 0 Å². The zero-order valence-electron chi connectivity index (χ0n) is 11.1. The van der Waals surface area contributed by atoms with E-state index >= 15 is 0 Å². The zero-order valence-corrected chi connectivity index (χ0v) is 11.9. The smallest absolute Gasteiger partial charge is 0.270 e. The Morgan fingerprint density at radius 3 is 2.29 bits per heavy atom. The van der Waals surface area contributed by atoms with E-state index in [0.29, 0.717) is 0 Å². The van der Waals surface area contributed by atoms with Gasteiger partial charge in [0.25, 0.3) is 15.8 Å². The number of ketones is 2. The quantitative estimate of drug-likeness (QED) is 0.350. The topological polar surface area (TPSA) is 132 Å². The third-order valence-electron chi connectivity index (χ3n) is 2.66. The second kappa shape index (κ2) is 6.55. The molecule has 1 N–H and O–H groups in total. The maximum absolute atomic E-state index is 11.9. The van der Waals surface area contributed by atoms with Gasteiger partial charge in [-0.25, -0.2) is 0 Å². The van der Waals surface area contributed by atoms with E-state index < -0.39 is 32.4 Å². The Bertz CT molecular complexity index is 661. The van der Waals surface area contributed by atoms with Crippen molar-refractivity contribution >= 4 is 27.4 Å². The van der Waals surface area contributed by atoms with Crippen molar-refractivity contribution in [2.24, 2.45) is 0 Å². The van der Waals surface area contributed by atoms with Gasteiger partial charge in [-0.2, -0.15) is 8.42 Å². The highest BCUT2D eigenvalue weighted by Gasteiger charge is 2.17. The van der Waals surface area contributed by atoms with Crippen LogP contribution in [0.3, 0.4) is 0 Å². The van der Waals surface area contributed by atoms with Gasteiger partial charge in [-0.05, 0) is 19.4 Å². The second-order valence-corrected chi connectivity index (χ2v) is 5.97. The molecule has 8 nitrogen and oxygen atoms in total. The van der Waals surface area contributed by atoms with Gasteiger partial charge in [0.2, 0.25) is 0 Å². The Balaban J connectivity index is 2.98. The SMILES string of the molecule is CC(=O)c1cc(C(=O)CCCS(=O)(=O)O)cc([N+](=O)[O-])c1. The molecule has 0 atom stereocenters. The Hall–Kier alpha value is -2.13. The minimum absolute atomic E-state index is 0.0299. The summed E-state index contributed by atoms with van der Waals surface area (Å²) in [4.78, 5) is 33.2. The van der Waals surface area contributed by atoms with Gasteiger partial charge in [0.05, 0.1) is 10.7 Å². The van der Waals surface area contributed by atoms with Crippen LogP contribution in [-0.4, -0.2) is 35.2 Å². The van der Waals surface area contributed by atoms with Crippen LogP contribution < -0.4 is 0 Å². The Morgan fingerprint density at radius 1 is 1.24 bits per heavy atom. The molecule has 0 fully saturated rings. The molecule has 0 aliphatic rings. The third-order valence-corrected chi connectivity index (χ3v) is 3.47. The lowest BCUT2D eigenvalue weighted by Gasteiger charge is -2.03. The molecule has 0 saturated carbocycles. The number of non-ortho nitro benzene ring substituents is 1. The molecule has 1 rings (SSSR count). The summed E-state index contributed by atoms with van der Waals surface area (Å²) >= 11 is 0. The van der Waals surface area contributed by atoms with Gasteiger partial charge >= 0.3 is 0 Å². The molecule has 0 aliphatic heterocycles. The van der Waals surface area contributed by atoms with E-state index in [1.807, 2.05) is 0 Å². The number of hydrogen-bond acceptors (Lipinski definition) is 6. The fraction of sp³-hybridized carbons (Fsp3) is 0.333. The molecule has 114 valence electrons. The van der Waals surface area contributed by atoms with Gasteiger partial charge in [0, 0.05) is 29.7 Å². The Morgan fingerprint density at radius 2 is 1.81 bits per heavy atom. The number of carbonyl (C=O) groups is 2. The van der Waals surface area contributed by atoms with Gasteiger partial charge in [-0.3, -0.25) is 24.3 Å². The van der Waals surface area contributed by atoms with Crippen LogP contribution in [0.1, 0.15) is 40.5 Å². The molecule has 0 aliphatic carbocycles. The van der Waals surface area contributed by atoms with Crippen LogP contribution in [0.5, 0.6) is 0 Å². The molecule has 0 saturated heterocycles. The summed E-state index contributed by atoms with van der Waals surface area (Å²) in [5.74, 6) is -1.54. The van der Waals surface area contributed by atoms with Crippen molar-refractivity contribution in [2.75, 3.05) is 5.75 Å². The maximum atomic E-state index is 11.9. The van der Waals surface area contributed by atoms with E-state index in [0.717, 1.165) is 12.1 Å². The normalized spacial score (nSPS) is 11.1. The number of rotatable bonds is 7. The van der Waals surface area contributed by atoms with E-state index in [4.69, 9.17) is 4.55 Å². The monoisotopic (exact) mass is 315 g/mol. The highest BCUT2D eigenvalue weighted by molar-refractivity contribution is 7.85. The van der Waals surface area contributed by atoms with E-state index in [9.17, 15) is 28.1 Å². The van der Waals surface area contributed by atoms with Crippen molar-refractivity contribution in [3.63, 3.8) is 0 Å². The molecule has 0 unspecified atom stereocenters. The molecule has 21 heavy (non-hydrogen) atoms. The Labute approximate surface area is 120 Å². The molecule has 0 aromatic heterocycles. The summed E-state index contributed by atoms with van der Waals surface area (Å²) < 4.78 is 29.7. The summed E-state index contributed by atoms with van der Waals surface area (Å²) in [5.41, 5.74) is -0.395. The standard InChI is InChI=1S/C12H13NO7S/c1-8(14)9-5-10(7-11(6-9)13(16)17)12(15)3-2-4-21(18,19)20/h5-7H,2-4H2,1H3,(H,18,19,20). The fourth-order valence-electron chi connectivity index (χ4n) is 1.64. The number of Topliss-reactive ketones (excluding diaryl/α,β-unsaturated/α-hetero) is 2. The van der Waals surface area contributed by atoms with Crippen LogP contribution in [-0.2, 0) is 10.1 Å². The lowest BCUT2D eigenvalue weighted by atomic mass is 10.0. The predicted molar refractivity (Wildman–Crippen MR) is 73.1 cm³/mol. The molecular formula is C12H13NO7S. The maximum Gasteiger partial charge on any atom is 0.270 e. The van der Waals surface area contributed by atoms with Gasteiger partial charge in [0.15, 0.2) is 11.6 Å². The molecule has 0 radical (unpaired) electrons. The number of carbonyl (C=O) groups excluding carboxylic acids is 2. The van der Waals surface area contributed by atoms with Gasteiger partial charge in [0.1, 0.15) is 0 Å². The first-order valence-corrected chi connectivity index (χ1v) is 7.50. The Kier molecular flexibility index (Phi) is 5.28. The highest BCUT2D eigenvalue weighted by atomic mass is 32.2. The van der Waals surface area contributed by atoms with Crippen molar-refractivity contribution in [2.45, 2.75) is 19.8 Å². The highest BCUT2D eigenvalue weighted by Crippen LogP contribution is 2.19. The van der Waals surface area contributed by atoms with Gasteiger partial charge < -0.3 is 0 Å². The molecule has 0 heterocycles. The van der Waals surface area contributed by atoms with Crippen molar-refractivity contribution in [3.8, 4) is 0 Å². The van der Waals surface area contributed by atoms with E-state index in [-0.39, 0.29) is 29.7 Å². The number of nitrogens with zero attached hydrogens (tertiary/aromatic N) is 1. The average Bonchev–Trinajstić information content (AvgIpc) is 2.36. The first-order chi connectivity index (χ1) is 9.60. The van der Waals surface area contributed by atoms with Crippen LogP contribution in [0.25, 0.3) is 0 Å². The first kappa shape index (κ1) is 16.9. The summed E-state index contributed by atoms with van der Waals surface area (Å²) in [6.07, 6.45) is -0.325. The molecule has 1 aromatic rings. The van der Waals surface area contributed by atoms with E-state index in [1.54, 1.807) is 0 Å². The summed E-state index contributed by atoms with van der Waals surface area (Å²) in [5, 5.41) is 10.8. The van der Waals surface area contributed by atoms with E-state index in [1.165, 1.54) is 13.0 Å².